The summed E-state index contributed by atoms with van der Waals surface area (Å²) < 4.78 is 0. The number of rotatable bonds is 4. The van der Waals surface area contributed by atoms with Crippen LogP contribution in [-0.4, -0.2) is 28.1 Å². The first-order chi connectivity index (χ1) is 13.3. The molecule has 2 aromatic carbocycles. The highest BCUT2D eigenvalue weighted by Gasteiger charge is 2.38. The number of benzene rings is 2. The fourth-order valence-electron chi connectivity index (χ4n) is 2.44. The number of anilines is 1. The van der Waals surface area contributed by atoms with Gasteiger partial charge >= 0.3 is 0 Å². The molecule has 1 N–H and O–H groups in total. The summed E-state index contributed by atoms with van der Waals surface area (Å²) in [7, 11) is 0. The van der Waals surface area contributed by atoms with E-state index in [0.717, 1.165) is 17.2 Å². The summed E-state index contributed by atoms with van der Waals surface area (Å²) in [6, 6.07) is 10.2. The highest BCUT2D eigenvalue weighted by atomic mass is 35.5. The fraction of sp³-hybridized carbons (Fsp3) is 0.0588. The van der Waals surface area contributed by atoms with Crippen molar-refractivity contribution in [3.63, 3.8) is 0 Å². The lowest BCUT2D eigenvalue weighted by Gasteiger charge is -2.30. The largest absolute Gasteiger partial charge is 0.301 e. The lowest BCUT2D eigenvalue weighted by Crippen LogP contribution is -2.58. The maximum atomic E-state index is 12.8. The van der Waals surface area contributed by atoms with Gasteiger partial charge in [0.1, 0.15) is 5.02 Å². The summed E-state index contributed by atoms with van der Waals surface area (Å²) >= 11 is 16.7. The third-order valence-electron chi connectivity index (χ3n) is 3.79. The molecule has 3 rings (SSSR count). The summed E-state index contributed by atoms with van der Waals surface area (Å²) in [4.78, 5) is 40.5. The molecule has 0 aromatic heterocycles. The maximum Gasteiger partial charge on any atom is 0.290 e. The lowest BCUT2D eigenvalue weighted by molar-refractivity contribution is -0.384. The van der Waals surface area contributed by atoms with E-state index in [-0.39, 0.29) is 21.5 Å². The van der Waals surface area contributed by atoms with Crippen LogP contribution in [0.15, 0.2) is 47.5 Å². The zero-order valence-corrected chi connectivity index (χ0v) is 16.2. The number of carbonyl (C=O) groups is 2. The van der Waals surface area contributed by atoms with E-state index in [1.807, 2.05) is 0 Å². The van der Waals surface area contributed by atoms with Crippen molar-refractivity contribution in [1.82, 2.24) is 5.32 Å². The number of carbonyl (C=O) groups excluding carboxylic acids is 2. The smallest absolute Gasteiger partial charge is 0.290 e. The molecule has 1 aliphatic heterocycles. The second kappa shape index (κ2) is 8.01. The van der Waals surface area contributed by atoms with Crippen LogP contribution in [-0.2, 0) is 9.59 Å². The molecule has 11 heteroatoms. The van der Waals surface area contributed by atoms with Crippen LogP contribution in [0.5, 0.6) is 0 Å². The minimum absolute atomic E-state index is 0.0466. The van der Waals surface area contributed by atoms with E-state index < -0.39 is 22.7 Å². The van der Waals surface area contributed by atoms with E-state index in [4.69, 9.17) is 35.4 Å². The molecule has 1 aliphatic rings. The van der Waals surface area contributed by atoms with Gasteiger partial charge in [-0.15, -0.1) is 0 Å². The van der Waals surface area contributed by atoms with E-state index in [2.05, 4.69) is 10.3 Å². The first-order valence-electron chi connectivity index (χ1n) is 7.70. The average Bonchev–Trinajstić information content (AvgIpc) is 2.63. The highest BCUT2D eigenvalue weighted by Crippen LogP contribution is 2.29. The molecular weight excluding hydrogens is 427 g/mol. The maximum absolute atomic E-state index is 12.8. The van der Waals surface area contributed by atoms with Gasteiger partial charge in [-0.3, -0.25) is 29.6 Å². The van der Waals surface area contributed by atoms with Crippen molar-refractivity contribution in [3.8, 4) is 0 Å². The van der Waals surface area contributed by atoms with E-state index in [0.29, 0.717) is 10.7 Å². The van der Waals surface area contributed by atoms with Crippen molar-refractivity contribution in [2.24, 2.45) is 10.9 Å². The number of amides is 2. The summed E-state index contributed by atoms with van der Waals surface area (Å²) in [6.45, 7) is 0. The standard InChI is InChI=1S/C17H10Cl2N4O4S/c18-9-1-4-11(5-2-9)22-16(25)12(15(24)21-17(22)28)8-20-10-3-6-13(19)14(7-10)23(26)27/h1-8,12H,(H,21,24,28)/t12-/m0/s1. The number of thiocarbonyl (C=S) groups is 1. The topological polar surface area (TPSA) is 105 Å². The summed E-state index contributed by atoms with van der Waals surface area (Å²) in [5.74, 6) is -2.52. The number of aliphatic imine (C=N–C) groups is 1. The van der Waals surface area contributed by atoms with Gasteiger partial charge in [0.25, 0.3) is 11.6 Å². The van der Waals surface area contributed by atoms with Gasteiger partial charge in [0.2, 0.25) is 5.91 Å². The number of nitro groups is 1. The molecule has 0 unspecified atom stereocenters. The van der Waals surface area contributed by atoms with Gasteiger partial charge < -0.3 is 5.32 Å². The number of hydrogen-bond donors (Lipinski definition) is 1. The molecule has 0 saturated carbocycles. The monoisotopic (exact) mass is 436 g/mol. The Morgan fingerprint density at radius 3 is 2.50 bits per heavy atom. The Bertz CT molecular complexity index is 1030. The van der Waals surface area contributed by atoms with Crippen molar-refractivity contribution in [1.29, 1.82) is 0 Å². The molecule has 1 heterocycles. The summed E-state index contributed by atoms with van der Waals surface area (Å²) in [6.07, 6.45) is 1.11. The fourth-order valence-corrected chi connectivity index (χ4v) is 3.05. The van der Waals surface area contributed by atoms with Crippen LogP contribution >= 0.6 is 35.4 Å². The Morgan fingerprint density at radius 2 is 1.86 bits per heavy atom. The molecular formula is C17H10Cl2N4O4S. The molecule has 0 radical (unpaired) electrons. The van der Waals surface area contributed by atoms with Gasteiger partial charge in [0.15, 0.2) is 11.0 Å². The second-order valence-electron chi connectivity index (χ2n) is 5.59. The Labute approximate surface area is 173 Å². The van der Waals surface area contributed by atoms with Crippen molar-refractivity contribution in [3.05, 3.63) is 62.6 Å². The van der Waals surface area contributed by atoms with Crippen LogP contribution in [0.3, 0.4) is 0 Å². The number of nitrogens with one attached hydrogen (secondary N) is 1. The third kappa shape index (κ3) is 4.01. The Morgan fingerprint density at radius 1 is 1.18 bits per heavy atom. The number of hydrogen-bond acceptors (Lipinski definition) is 6. The minimum Gasteiger partial charge on any atom is -0.301 e. The predicted molar refractivity (Wildman–Crippen MR) is 109 cm³/mol. The van der Waals surface area contributed by atoms with Gasteiger partial charge in [-0.2, -0.15) is 0 Å². The molecule has 2 amide bonds. The first-order valence-corrected chi connectivity index (χ1v) is 8.87. The summed E-state index contributed by atoms with van der Waals surface area (Å²) in [5, 5.41) is 13.8. The van der Waals surface area contributed by atoms with Crippen molar-refractivity contribution in [2.45, 2.75) is 0 Å². The van der Waals surface area contributed by atoms with Gasteiger partial charge in [0, 0.05) is 17.3 Å². The molecule has 1 atom stereocenters. The van der Waals surface area contributed by atoms with Crippen LogP contribution in [0.4, 0.5) is 17.1 Å². The Kier molecular flexibility index (Phi) is 5.68. The third-order valence-corrected chi connectivity index (χ3v) is 4.64. The zero-order valence-electron chi connectivity index (χ0n) is 13.8. The van der Waals surface area contributed by atoms with Crippen LogP contribution in [0, 0.1) is 16.0 Å². The second-order valence-corrected chi connectivity index (χ2v) is 6.82. The molecule has 142 valence electrons. The average molecular weight is 437 g/mol. The SMILES string of the molecule is O=C1NC(=S)N(c2ccc(Cl)cc2)C(=O)[C@H]1C=Nc1ccc(Cl)c([N+](=O)[O-])c1. The first kappa shape index (κ1) is 19.9. The van der Waals surface area contributed by atoms with Gasteiger partial charge in [-0.1, -0.05) is 23.2 Å². The summed E-state index contributed by atoms with van der Waals surface area (Å²) in [5.41, 5.74) is 0.266. The zero-order chi connectivity index (χ0) is 20.4. The number of nitro benzene ring substituents is 1. The molecule has 0 bridgehead atoms. The quantitative estimate of drug-likeness (QED) is 0.258. The van der Waals surface area contributed by atoms with E-state index in [1.165, 1.54) is 12.1 Å². The van der Waals surface area contributed by atoms with Crippen LogP contribution < -0.4 is 10.2 Å². The molecule has 0 aliphatic carbocycles. The molecule has 2 aromatic rings. The van der Waals surface area contributed by atoms with Crippen LogP contribution in [0.2, 0.25) is 10.0 Å². The van der Waals surface area contributed by atoms with Crippen molar-refractivity contribution < 1.29 is 14.5 Å². The Balaban J connectivity index is 1.89. The number of nitrogens with zero attached hydrogens (tertiary/aromatic N) is 3. The molecule has 1 fully saturated rings. The van der Waals surface area contributed by atoms with Gasteiger partial charge in [0.05, 0.1) is 16.3 Å². The van der Waals surface area contributed by atoms with Gasteiger partial charge in [-0.25, -0.2) is 0 Å². The van der Waals surface area contributed by atoms with Crippen LogP contribution in [0.1, 0.15) is 0 Å². The van der Waals surface area contributed by atoms with Crippen LogP contribution in [0.25, 0.3) is 0 Å². The minimum atomic E-state index is -1.27. The van der Waals surface area contributed by atoms with E-state index in [9.17, 15) is 19.7 Å². The van der Waals surface area contributed by atoms with Gasteiger partial charge in [-0.05, 0) is 48.6 Å². The molecule has 0 spiro atoms. The molecule has 1 saturated heterocycles. The van der Waals surface area contributed by atoms with E-state index >= 15 is 0 Å². The molecule has 8 nitrogen and oxygen atoms in total. The van der Waals surface area contributed by atoms with Crippen molar-refractivity contribution in [2.75, 3.05) is 4.90 Å². The normalized spacial score (nSPS) is 17.1. The number of halogens is 2. The predicted octanol–water partition coefficient (Wildman–Crippen LogP) is 3.67. The molecule has 28 heavy (non-hydrogen) atoms. The highest BCUT2D eigenvalue weighted by molar-refractivity contribution is 7.80. The Hall–Kier alpha value is -2.88. The lowest BCUT2D eigenvalue weighted by atomic mass is 10.1. The van der Waals surface area contributed by atoms with E-state index in [1.54, 1.807) is 24.3 Å². The van der Waals surface area contributed by atoms with Crippen molar-refractivity contribution >= 4 is 75.6 Å².